The highest BCUT2D eigenvalue weighted by molar-refractivity contribution is 5.88. The highest BCUT2D eigenvalue weighted by atomic mass is 19.3. The maximum Gasteiger partial charge on any atom is 0.387 e. The molecule has 3 nitrogen and oxygen atoms in total. The van der Waals surface area contributed by atoms with Crippen LogP contribution in [-0.2, 0) is 10.2 Å². The molecule has 26 heavy (non-hydrogen) atoms. The first-order valence-electron chi connectivity index (χ1n) is 8.66. The van der Waals surface area contributed by atoms with Crippen LogP contribution in [0.25, 0.3) is 0 Å². The summed E-state index contributed by atoms with van der Waals surface area (Å²) >= 11 is 0. The predicted molar refractivity (Wildman–Crippen MR) is 83.9 cm³/mol. The molecule has 1 saturated carbocycles. The molecule has 3 rings (SSSR count). The van der Waals surface area contributed by atoms with Crippen molar-refractivity contribution in [3.63, 3.8) is 0 Å². The van der Waals surface area contributed by atoms with Crippen molar-refractivity contribution in [1.82, 2.24) is 4.90 Å². The zero-order valence-electron chi connectivity index (χ0n) is 14.1. The molecule has 2 fully saturated rings. The molecule has 1 aliphatic heterocycles. The summed E-state index contributed by atoms with van der Waals surface area (Å²) in [5, 5.41) is 0. The molecule has 1 amide bonds. The second kappa shape index (κ2) is 7.04. The lowest BCUT2D eigenvalue weighted by Gasteiger charge is -2.41. The number of rotatable bonds is 4. The van der Waals surface area contributed by atoms with Gasteiger partial charge in [0.15, 0.2) is 11.6 Å². The zero-order valence-corrected chi connectivity index (χ0v) is 14.1. The molecule has 2 aliphatic rings. The van der Waals surface area contributed by atoms with Gasteiger partial charge in [-0.15, -0.1) is 0 Å². The van der Waals surface area contributed by atoms with Crippen molar-refractivity contribution in [2.45, 2.75) is 56.5 Å². The molecular formula is C18H20F5NO2. The van der Waals surface area contributed by atoms with Gasteiger partial charge in [0.05, 0.1) is 5.41 Å². The summed E-state index contributed by atoms with van der Waals surface area (Å²) in [6.07, 6.45) is 0.529. The molecular weight excluding hydrogens is 357 g/mol. The van der Waals surface area contributed by atoms with Gasteiger partial charge >= 0.3 is 6.61 Å². The Hall–Kier alpha value is -1.86. The van der Waals surface area contributed by atoms with Gasteiger partial charge in [0.2, 0.25) is 11.8 Å². The van der Waals surface area contributed by atoms with Crippen molar-refractivity contribution < 1.29 is 31.5 Å². The minimum absolute atomic E-state index is 0.107. The van der Waals surface area contributed by atoms with E-state index in [-0.39, 0.29) is 24.3 Å². The minimum Gasteiger partial charge on any atom is -0.432 e. The Kier molecular flexibility index (Phi) is 5.12. The van der Waals surface area contributed by atoms with E-state index in [2.05, 4.69) is 4.74 Å². The van der Waals surface area contributed by atoms with Crippen LogP contribution in [0.4, 0.5) is 22.0 Å². The quantitative estimate of drug-likeness (QED) is 0.724. The van der Waals surface area contributed by atoms with Crippen molar-refractivity contribution in [2.75, 3.05) is 13.1 Å². The highest BCUT2D eigenvalue weighted by Gasteiger charge is 2.50. The number of nitrogens with zero attached hydrogens (tertiary/aromatic N) is 1. The molecule has 1 aromatic carbocycles. The maximum absolute atomic E-state index is 14.2. The molecule has 8 heteroatoms. The Balaban J connectivity index is 1.95. The van der Waals surface area contributed by atoms with Crippen molar-refractivity contribution >= 4 is 5.91 Å². The van der Waals surface area contributed by atoms with Crippen LogP contribution >= 0.6 is 0 Å². The van der Waals surface area contributed by atoms with Crippen LogP contribution in [0, 0.1) is 5.82 Å². The van der Waals surface area contributed by atoms with E-state index in [9.17, 15) is 26.7 Å². The molecule has 0 N–H and O–H groups in total. The first kappa shape index (κ1) is 18.9. The lowest BCUT2D eigenvalue weighted by Crippen LogP contribution is -2.49. The number of carbonyl (C=O) groups is 1. The SMILES string of the molecule is O=C(N1CCCC1)C1(c2ccc(OC(F)F)c(F)c2)CCC(F)(F)CC1. The van der Waals surface area contributed by atoms with E-state index in [0.29, 0.717) is 13.1 Å². The van der Waals surface area contributed by atoms with Crippen molar-refractivity contribution in [1.29, 1.82) is 0 Å². The van der Waals surface area contributed by atoms with Gasteiger partial charge in [0.25, 0.3) is 0 Å². The number of hydrogen-bond donors (Lipinski definition) is 0. The fourth-order valence-corrected chi connectivity index (χ4v) is 3.88. The number of carbonyl (C=O) groups excluding carboxylic acids is 1. The van der Waals surface area contributed by atoms with Gasteiger partial charge in [-0.1, -0.05) is 6.07 Å². The average Bonchev–Trinajstić information content (AvgIpc) is 3.11. The predicted octanol–water partition coefficient (Wildman–Crippen LogP) is 4.50. The van der Waals surface area contributed by atoms with E-state index < -0.39 is 42.4 Å². The Labute approximate surface area is 148 Å². The molecule has 1 aliphatic carbocycles. The molecule has 144 valence electrons. The lowest BCUT2D eigenvalue weighted by atomic mass is 9.67. The molecule has 0 bridgehead atoms. The molecule has 1 saturated heterocycles. The molecule has 0 unspecified atom stereocenters. The summed E-state index contributed by atoms with van der Waals surface area (Å²) in [7, 11) is 0. The first-order valence-corrected chi connectivity index (χ1v) is 8.66. The standard InChI is InChI=1S/C18H20F5NO2/c19-13-11-12(3-4-14(13)26-16(20)21)17(5-7-18(22,23)8-6-17)15(25)24-9-1-2-10-24/h3-4,11,16H,1-2,5-10H2. The summed E-state index contributed by atoms with van der Waals surface area (Å²) in [6, 6.07) is 3.33. The first-order chi connectivity index (χ1) is 12.2. The maximum atomic E-state index is 14.2. The molecule has 0 radical (unpaired) electrons. The second-order valence-electron chi connectivity index (χ2n) is 6.96. The van der Waals surface area contributed by atoms with Crippen molar-refractivity contribution in [3.8, 4) is 5.75 Å². The van der Waals surface area contributed by atoms with Crippen molar-refractivity contribution in [2.24, 2.45) is 0 Å². The summed E-state index contributed by atoms with van der Waals surface area (Å²) in [5.41, 5.74) is -1.01. The van der Waals surface area contributed by atoms with Crippen LogP contribution in [0.1, 0.15) is 44.1 Å². The van der Waals surface area contributed by atoms with Gasteiger partial charge in [-0.05, 0) is 43.4 Å². The number of ether oxygens (including phenoxy) is 1. The van der Waals surface area contributed by atoms with Crippen molar-refractivity contribution in [3.05, 3.63) is 29.6 Å². The molecule has 0 aromatic heterocycles. The summed E-state index contributed by atoms with van der Waals surface area (Å²) in [6.45, 7) is -2.08. The average molecular weight is 377 g/mol. The van der Waals surface area contributed by atoms with E-state index in [1.54, 1.807) is 4.90 Å². The van der Waals surface area contributed by atoms with E-state index in [0.717, 1.165) is 25.0 Å². The Morgan fingerprint density at radius 3 is 2.23 bits per heavy atom. The summed E-state index contributed by atoms with van der Waals surface area (Å²) in [5.74, 6) is -4.80. The number of alkyl halides is 4. The van der Waals surface area contributed by atoms with Crippen LogP contribution in [0.15, 0.2) is 18.2 Å². The van der Waals surface area contributed by atoms with Gasteiger partial charge in [0, 0.05) is 25.9 Å². The fourth-order valence-electron chi connectivity index (χ4n) is 3.88. The molecule has 1 aromatic rings. The smallest absolute Gasteiger partial charge is 0.387 e. The number of hydrogen-bond acceptors (Lipinski definition) is 2. The van der Waals surface area contributed by atoms with Crippen LogP contribution in [0.3, 0.4) is 0 Å². The Bertz CT molecular complexity index is 664. The normalized spacial score (nSPS) is 21.8. The van der Waals surface area contributed by atoms with Gasteiger partial charge in [-0.25, -0.2) is 13.2 Å². The third-order valence-electron chi connectivity index (χ3n) is 5.34. The van der Waals surface area contributed by atoms with Gasteiger partial charge in [0.1, 0.15) is 0 Å². The topological polar surface area (TPSA) is 29.5 Å². The summed E-state index contributed by atoms with van der Waals surface area (Å²) in [4.78, 5) is 14.7. The molecule has 0 atom stereocenters. The Morgan fingerprint density at radius 2 is 1.69 bits per heavy atom. The minimum atomic E-state index is -3.18. The second-order valence-corrected chi connectivity index (χ2v) is 6.96. The van der Waals surface area contributed by atoms with Gasteiger partial charge in [-0.2, -0.15) is 8.78 Å². The van der Waals surface area contributed by atoms with E-state index in [1.165, 1.54) is 6.07 Å². The number of halogens is 5. The highest BCUT2D eigenvalue weighted by Crippen LogP contribution is 2.47. The van der Waals surface area contributed by atoms with Gasteiger partial charge in [-0.3, -0.25) is 4.79 Å². The fraction of sp³-hybridized carbons (Fsp3) is 0.611. The van der Waals surface area contributed by atoms with Crippen LogP contribution in [-0.4, -0.2) is 36.4 Å². The number of benzene rings is 1. The van der Waals surface area contributed by atoms with Crippen LogP contribution in [0.2, 0.25) is 0 Å². The van der Waals surface area contributed by atoms with E-state index in [4.69, 9.17) is 0 Å². The summed E-state index contributed by atoms with van der Waals surface area (Å²) < 4.78 is 70.3. The zero-order chi connectivity index (χ0) is 18.9. The monoisotopic (exact) mass is 377 g/mol. The molecule has 1 heterocycles. The van der Waals surface area contributed by atoms with E-state index >= 15 is 0 Å². The third-order valence-corrected chi connectivity index (χ3v) is 5.34. The van der Waals surface area contributed by atoms with Crippen LogP contribution < -0.4 is 4.74 Å². The largest absolute Gasteiger partial charge is 0.432 e. The van der Waals surface area contributed by atoms with Crippen LogP contribution in [0.5, 0.6) is 5.75 Å². The molecule has 0 spiro atoms. The third kappa shape index (κ3) is 3.64. The number of amides is 1. The Morgan fingerprint density at radius 1 is 1.08 bits per heavy atom. The van der Waals surface area contributed by atoms with E-state index in [1.807, 2.05) is 0 Å². The lowest BCUT2D eigenvalue weighted by molar-refractivity contribution is -0.141. The van der Waals surface area contributed by atoms with Gasteiger partial charge < -0.3 is 9.64 Å². The number of likely N-dealkylation sites (tertiary alicyclic amines) is 1.